The van der Waals surface area contributed by atoms with Gasteiger partial charge in [0, 0.05) is 6.20 Å². The van der Waals surface area contributed by atoms with Crippen molar-refractivity contribution < 1.29 is 33.0 Å². The first-order chi connectivity index (χ1) is 14.4. The molecule has 2 aromatic rings. The van der Waals surface area contributed by atoms with Crippen molar-refractivity contribution in [3.05, 3.63) is 18.3 Å². The van der Waals surface area contributed by atoms with Crippen molar-refractivity contribution in [2.24, 2.45) is 0 Å². The Morgan fingerprint density at radius 3 is 1.75 bits per heavy atom. The molecule has 0 aromatic carbocycles. The van der Waals surface area contributed by atoms with Gasteiger partial charge in [-0.1, -0.05) is 0 Å². The summed E-state index contributed by atoms with van der Waals surface area (Å²) in [6, 6.07) is 1.36. The van der Waals surface area contributed by atoms with Crippen LogP contribution in [0.3, 0.4) is 0 Å². The Morgan fingerprint density at radius 2 is 1.31 bits per heavy atom. The first-order valence-electron chi connectivity index (χ1n) is 9.92. The molecular weight excluding hydrogens is 423 g/mol. The number of hydrogen-bond acceptors (Lipinski definition) is 8. The van der Waals surface area contributed by atoms with Crippen LogP contribution in [0.5, 0.6) is 0 Å². The fraction of sp³-hybridized carbons (Fsp3) is 0.571. The van der Waals surface area contributed by atoms with Crippen molar-refractivity contribution in [1.29, 1.82) is 0 Å². The van der Waals surface area contributed by atoms with E-state index in [1.165, 1.54) is 12.3 Å². The minimum absolute atomic E-state index is 0.0361. The molecule has 0 aliphatic rings. The number of anilines is 1. The molecule has 0 unspecified atom stereocenters. The number of imide groups is 1. The number of nitrogens with zero attached hydrogens (tertiary/aromatic N) is 4. The van der Waals surface area contributed by atoms with Gasteiger partial charge in [0.2, 0.25) is 0 Å². The van der Waals surface area contributed by atoms with Gasteiger partial charge in [-0.3, -0.25) is 0 Å². The maximum Gasteiger partial charge on any atom is 0.425 e. The van der Waals surface area contributed by atoms with E-state index in [-0.39, 0.29) is 11.0 Å². The smallest absolute Gasteiger partial charge is 0.425 e. The van der Waals surface area contributed by atoms with Crippen LogP contribution in [0.4, 0.5) is 24.6 Å². The number of hydrogen-bond donors (Lipinski definition) is 0. The second-order valence-electron chi connectivity index (χ2n) is 10.0. The molecule has 0 aliphatic heterocycles. The zero-order valence-electron chi connectivity index (χ0n) is 19.8. The quantitative estimate of drug-likeness (QED) is 0.437. The molecule has 11 heteroatoms. The minimum atomic E-state index is -1.27. The van der Waals surface area contributed by atoms with Crippen LogP contribution in [-0.2, 0) is 14.2 Å². The van der Waals surface area contributed by atoms with Crippen LogP contribution in [0.2, 0.25) is 0 Å². The standard InChI is InChI=1S/C21H29FN4O6/c1-19(2,3)30-16(27)25-11-10-12-13(25)23-15(22)24-14(12)26(17(28)31-20(4,5)6)18(29)32-21(7,8)9/h10-11H,1-9H3. The summed E-state index contributed by atoms with van der Waals surface area (Å²) in [4.78, 5) is 46.1. The average molecular weight is 452 g/mol. The van der Waals surface area contributed by atoms with Gasteiger partial charge in [-0.05, 0) is 68.4 Å². The SMILES string of the molecule is CC(C)(C)OC(=O)N(C(=O)OC(C)(C)C)c1nc(F)nc2c1ccn2C(=O)OC(C)(C)C. The molecular formula is C21H29FN4O6. The van der Waals surface area contributed by atoms with E-state index in [9.17, 15) is 18.8 Å². The summed E-state index contributed by atoms with van der Waals surface area (Å²) in [6.07, 6.45) is -3.07. The molecule has 0 fully saturated rings. The molecule has 0 spiro atoms. The lowest BCUT2D eigenvalue weighted by atomic mass is 10.2. The summed E-state index contributed by atoms with van der Waals surface area (Å²) in [7, 11) is 0. The number of amides is 2. The first-order valence-corrected chi connectivity index (χ1v) is 9.92. The van der Waals surface area contributed by atoms with Crippen LogP contribution >= 0.6 is 0 Å². The molecule has 0 atom stereocenters. The van der Waals surface area contributed by atoms with Gasteiger partial charge in [-0.2, -0.15) is 19.3 Å². The second-order valence-corrected chi connectivity index (χ2v) is 10.0. The molecule has 176 valence electrons. The maximum absolute atomic E-state index is 14.4. The Morgan fingerprint density at radius 1 is 0.844 bits per heavy atom. The summed E-state index contributed by atoms with van der Waals surface area (Å²) in [6.45, 7) is 14.6. The van der Waals surface area contributed by atoms with Crippen molar-refractivity contribution in [2.45, 2.75) is 79.1 Å². The van der Waals surface area contributed by atoms with Gasteiger partial charge in [-0.15, -0.1) is 0 Å². The normalized spacial score (nSPS) is 12.4. The van der Waals surface area contributed by atoms with Gasteiger partial charge in [0.15, 0.2) is 11.5 Å². The van der Waals surface area contributed by atoms with E-state index < -0.39 is 47.0 Å². The first kappa shape index (κ1) is 25.0. The predicted molar refractivity (Wildman–Crippen MR) is 114 cm³/mol. The van der Waals surface area contributed by atoms with Crippen LogP contribution in [0, 0.1) is 6.08 Å². The second kappa shape index (κ2) is 8.36. The molecule has 2 amide bonds. The lowest BCUT2D eigenvalue weighted by molar-refractivity contribution is 0.0427. The molecule has 0 radical (unpaired) electrons. The summed E-state index contributed by atoms with van der Waals surface area (Å²) in [5.41, 5.74) is -2.95. The fourth-order valence-corrected chi connectivity index (χ4v) is 2.46. The monoisotopic (exact) mass is 452 g/mol. The summed E-state index contributed by atoms with van der Waals surface area (Å²) in [5, 5.41) is 0.0361. The van der Waals surface area contributed by atoms with Crippen LogP contribution in [0.25, 0.3) is 11.0 Å². The number of halogens is 1. The van der Waals surface area contributed by atoms with E-state index in [4.69, 9.17) is 14.2 Å². The van der Waals surface area contributed by atoms with E-state index in [2.05, 4.69) is 9.97 Å². The highest BCUT2D eigenvalue weighted by molar-refractivity contribution is 6.13. The van der Waals surface area contributed by atoms with Crippen LogP contribution in [0.1, 0.15) is 62.3 Å². The number of carbonyl (C=O) groups is 3. The topological polar surface area (TPSA) is 113 Å². The highest BCUT2D eigenvalue weighted by Gasteiger charge is 2.36. The summed E-state index contributed by atoms with van der Waals surface area (Å²) in [5.74, 6) is -0.432. The largest absolute Gasteiger partial charge is 0.443 e. The van der Waals surface area contributed by atoms with Gasteiger partial charge < -0.3 is 14.2 Å². The number of fused-ring (bicyclic) bond motifs is 1. The lowest BCUT2D eigenvalue weighted by Crippen LogP contribution is -2.44. The van der Waals surface area contributed by atoms with Crippen molar-refractivity contribution in [3.63, 3.8) is 0 Å². The Hall–Kier alpha value is -3.24. The molecule has 2 rings (SSSR count). The Labute approximate surface area is 185 Å². The molecule has 2 heterocycles. The average Bonchev–Trinajstić information content (AvgIpc) is 2.93. The van der Waals surface area contributed by atoms with Crippen molar-refractivity contribution in [2.75, 3.05) is 4.90 Å². The zero-order chi connectivity index (χ0) is 24.6. The van der Waals surface area contributed by atoms with Gasteiger partial charge in [0.25, 0.3) is 0 Å². The van der Waals surface area contributed by atoms with Gasteiger partial charge in [0.05, 0.1) is 5.39 Å². The summed E-state index contributed by atoms with van der Waals surface area (Å²) < 4.78 is 31.3. The van der Waals surface area contributed by atoms with E-state index in [0.717, 1.165) is 4.57 Å². The molecule has 0 N–H and O–H groups in total. The minimum Gasteiger partial charge on any atom is -0.443 e. The van der Waals surface area contributed by atoms with E-state index >= 15 is 0 Å². The zero-order valence-corrected chi connectivity index (χ0v) is 19.8. The summed E-state index contributed by atoms with van der Waals surface area (Å²) >= 11 is 0. The third kappa shape index (κ3) is 6.38. The van der Waals surface area contributed by atoms with Crippen molar-refractivity contribution in [1.82, 2.24) is 14.5 Å². The van der Waals surface area contributed by atoms with Gasteiger partial charge >= 0.3 is 24.4 Å². The number of aromatic nitrogens is 3. The third-order valence-electron chi connectivity index (χ3n) is 3.45. The molecule has 0 aliphatic carbocycles. The molecule has 32 heavy (non-hydrogen) atoms. The Balaban J connectivity index is 2.66. The van der Waals surface area contributed by atoms with E-state index in [1.54, 1.807) is 62.3 Å². The predicted octanol–water partition coefficient (Wildman–Crippen LogP) is 5.03. The molecule has 0 saturated heterocycles. The third-order valence-corrected chi connectivity index (χ3v) is 3.45. The van der Waals surface area contributed by atoms with E-state index in [0.29, 0.717) is 4.90 Å². The molecule has 0 bridgehead atoms. The highest BCUT2D eigenvalue weighted by Crippen LogP contribution is 2.28. The molecule has 0 saturated carbocycles. The Bertz CT molecular complexity index is 1020. The van der Waals surface area contributed by atoms with E-state index in [1.807, 2.05) is 0 Å². The molecule has 10 nitrogen and oxygen atoms in total. The maximum atomic E-state index is 14.4. The van der Waals surface area contributed by atoms with Crippen molar-refractivity contribution >= 4 is 35.1 Å². The van der Waals surface area contributed by atoms with Crippen LogP contribution < -0.4 is 4.90 Å². The van der Waals surface area contributed by atoms with Gasteiger partial charge in [-0.25, -0.2) is 19.0 Å². The lowest BCUT2D eigenvalue weighted by Gasteiger charge is -2.28. The van der Waals surface area contributed by atoms with Crippen LogP contribution in [-0.4, -0.2) is 49.6 Å². The van der Waals surface area contributed by atoms with Crippen molar-refractivity contribution in [3.8, 4) is 0 Å². The molecule has 2 aromatic heterocycles. The number of ether oxygens (including phenoxy) is 3. The highest BCUT2D eigenvalue weighted by atomic mass is 19.1. The van der Waals surface area contributed by atoms with Gasteiger partial charge in [0.1, 0.15) is 16.8 Å². The van der Waals surface area contributed by atoms with Crippen LogP contribution in [0.15, 0.2) is 12.3 Å². The Kier molecular flexibility index (Phi) is 6.54. The number of rotatable bonds is 1. The number of carbonyl (C=O) groups excluding carboxylic acids is 3. The fourth-order valence-electron chi connectivity index (χ4n) is 2.46.